The van der Waals surface area contributed by atoms with Gasteiger partial charge in [-0.25, -0.2) is 5.43 Å². The third-order valence-corrected chi connectivity index (χ3v) is 4.58. The van der Waals surface area contributed by atoms with Crippen molar-refractivity contribution in [3.05, 3.63) is 62.5 Å². The molecule has 0 heterocycles. The van der Waals surface area contributed by atoms with E-state index < -0.39 is 0 Å². The Labute approximate surface area is 164 Å². The van der Waals surface area contributed by atoms with Gasteiger partial charge in [-0.15, -0.1) is 0 Å². The Morgan fingerprint density at radius 1 is 1.16 bits per heavy atom. The van der Waals surface area contributed by atoms with Gasteiger partial charge >= 0.3 is 0 Å². The minimum atomic E-state index is -0.319. The number of amides is 1. The molecule has 0 aliphatic carbocycles. The zero-order valence-corrected chi connectivity index (χ0v) is 17.5. The van der Waals surface area contributed by atoms with Gasteiger partial charge in [-0.3, -0.25) is 4.79 Å². The molecule has 0 bridgehead atoms. The van der Waals surface area contributed by atoms with E-state index in [1.165, 1.54) is 5.56 Å². The summed E-state index contributed by atoms with van der Waals surface area (Å²) in [7, 11) is 0. The Morgan fingerprint density at radius 2 is 1.84 bits per heavy atom. The summed E-state index contributed by atoms with van der Waals surface area (Å²) in [6.07, 6.45) is 1.58. The van der Waals surface area contributed by atoms with Gasteiger partial charge in [0.15, 0.2) is 6.61 Å². The van der Waals surface area contributed by atoms with Crippen LogP contribution in [0.25, 0.3) is 0 Å². The number of nitrogens with one attached hydrogen (secondary N) is 1. The zero-order chi connectivity index (χ0) is 18.4. The van der Waals surface area contributed by atoms with E-state index in [1.807, 2.05) is 42.5 Å². The molecule has 4 nitrogen and oxygen atoms in total. The summed E-state index contributed by atoms with van der Waals surface area (Å²) in [6, 6.07) is 13.5. The maximum Gasteiger partial charge on any atom is 0.277 e. The molecule has 132 valence electrons. The fourth-order valence-corrected chi connectivity index (χ4v) is 2.75. The molecule has 1 amide bonds. The van der Waals surface area contributed by atoms with Crippen molar-refractivity contribution in [3.8, 4) is 5.75 Å². The molecule has 0 aromatic heterocycles. The highest BCUT2D eigenvalue weighted by Gasteiger charge is 2.15. The number of benzene rings is 2. The van der Waals surface area contributed by atoms with Crippen LogP contribution in [0.1, 0.15) is 31.9 Å². The smallest absolute Gasteiger partial charge is 0.277 e. The summed E-state index contributed by atoms with van der Waals surface area (Å²) in [5.41, 5.74) is 4.59. The summed E-state index contributed by atoms with van der Waals surface area (Å²) in [6.45, 7) is 6.33. The first-order chi connectivity index (χ1) is 11.8. The van der Waals surface area contributed by atoms with Gasteiger partial charge in [-0.1, -0.05) is 54.9 Å². The molecule has 0 radical (unpaired) electrons. The standard InChI is InChI=1S/C19H20Br2N2O2/c1-19(2,3)14-6-9-17(16(21)10-14)25-12-18(24)23-22-11-13-4-7-15(20)8-5-13/h4-11H,12H2,1-3H3,(H,23,24). The van der Waals surface area contributed by atoms with Gasteiger partial charge in [0.2, 0.25) is 0 Å². The second-order valence-corrected chi connectivity index (χ2v) is 8.30. The first-order valence-electron chi connectivity index (χ1n) is 7.76. The normalized spacial score (nSPS) is 11.6. The van der Waals surface area contributed by atoms with E-state index in [0.29, 0.717) is 5.75 Å². The summed E-state index contributed by atoms with van der Waals surface area (Å²) >= 11 is 6.85. The van der Waals surface area contributed by atoms with Crippen molar-refractivity contribution in [2.75, 3.05) is 6.61 Å². The maximum atomic E-state index is 11.8. The van der Waals surface area contributed by atoms with Crippen LogP contribution in [0.4, 0.5) is 0 Å². The van der Waals surface area contributed by atoms with Crippen molar-refractivity contribution in [1.29, 1.82) is 0 Å². The third kappa shape index (κ3) is 6.29. The Bertz CT molecular complexity index is 766. The molecule has 1 N–H and O–H groups in total. The number of hydrogen-bond donors (Lipinski definition) is 1. The van der Waals surface area contributed by atoms with E-state index >= 15 is 0 Å². The predicted octanol–water partition coefficient (Wildman–Crippen LogP) is 5.04. The minimum absolute atomic E-state index is 0.0557. The summed E-state index contributed by atoms with van der Waals surface area (Å²) in [5, 5.41) is 3.92. The average molecular weight is 468 g/mol. The Hall–Kier alpha value is -1.66. The minimum Gasteiger partial charge on any atom is -0.483 e. The van der Waals surface area contributed by atoms with Crippen LogP contribution in [0.5, 0.6) is 5.75 Å². The van der Waals surface area contributed by atoms with Gasteiger partial charge in [0.25, 0.3) is 5.91 Å². The quantitative estimate of drug-likeness (QED) is 0.494. The number of ether oxygens (including phenoxy) is 1. The van der Waals surface area contributed by atoms with E-state index in [2.05, 4.69) is 63.2 Å². The fourth-order valence-electron chi connectivity index (χ4n) is 1.99. The number of halogens is 2. The first kappa shape index (κ1) is 19.7. The molecular weight excluding hydrogens is 448 g/mol. The molecular formula is C19H20Br2N2O2. The lowest BCUT2D eigenvalue weighted by Gasteiger charge is -2.20. The highest BCUT2D eigenvalue weighted by atomic mass is 79.9. The number of nitrogens with zero attached hydrogens (tertiary/aromatic N) is 1. The van der Waals surface area contributed by atoms with Crippen molar-refractivity contribution in [2.45, 2.75) is 26.2 Å². The van der Waals surface area contributed by atoms with Gasteiger partial charge in [-0.2, -0.15) is 5.10 Å². The second kappa shape index (κ2) is 8.63. The Kier molecular flexibility index (Phi) is 6.79. The van der Waals surface area contributed by atoms with E-state index in [-0.39, 0.29) is 17.9 Å². The SMILES string of the molecule is CC(C)(C)c1ccc(OCC(=O)NN=Cc2ccc(Br)cc2)c(Br)c1. The van der Waals surface area contributed by atoms with E-state index in [0.717, 1.165) is 14.5 Å². The van der Waals surface area contributed by atoms with E-state index in [9.17, 15) is 4.79 Å². The second-order valence-electron chi connectivity index (χ2n) is 6.53. The van der Waals surface area contributed by atoms with Crippen LogP contribution < -0.4 is 10.2 Å². The van der Waals surface area contributed by atoms with Crippen LogP contribution in [-0.4, -0.2) is 18.7 Å². The average Bonchev–Trinajstić information content (AvgIpc) is 2.54. The molecule has 25 heavy (non-hydrogen) atoms. The van der Waals surface area contributed by atoms with Crippen molar-refractivity contribution in [3.63, 3.8) is 0 Å². The zero-order valence-electron chi connectivity index (χ0n) is 14.3. The molecule has 0 unspecified atom stereocenters. The number of hydrogen-bond acceptors (Lipinski definition) is 3. The molecule has 0 saturated heterocycles. The molecule has 2 aromatic rings. The lowest BCUT2D eigenvalue weighted by Crippen LogP contribution is -2.24. The van der Waals surface area contributed by atoms with Crippen LogP contribution in [0.2, 0.25) is 0 Å². The number of carbonyl (C=O) groups is 1. The molecule has 6 heteroatoms. The van der Waals surface area contributed by atoms with Gasteiger partial charge in [0, 0.05) is 4.47 Å². The monoisotopic (exact) mass is 466 g/mol. The summed E-state index contributed by atoms with van der Waals surface area (Å²) in [4.78, 5) is 11.8. The third-order valence-electron chi connectivity index (χ3n) is 3.43. The van der Waals surface area contributed by atoms with Crippen molar-refractivity contribution in [1.82, 2.24) is 5.43 Å². The lowest BCUT2D eigenvalue weighted by atomic mass is 9.87. The van der Waals surface area contributed by atoms with Gasteiger partial charge in [-0.05, 0) is 56.7 Å². The topological polar surface area (TPSA) is 50.7 Å². The summed E-state index contributed by atoms with van der Waals surface area (Å²) < 4.78 is 7.36. The molecule has 0 atom stereocenters. The van der Waals surface area contributed by atoms with Crippen molar-refractivity contribution in [2.24, 2.45) is 5.10 Å². The largest absolute Gasteiger partial charge is 0.483 e. The molecule has 0 aliphatic rings. The van der Waals surface area contributed by atoms with E-state index in [1.54, 1.807) is 6.21 Å². The molecule has 2 aromatic carbocycles. The number of hydrazone groups is 1. The van der Waals surface area contributed by atoms with Crippen LogP contribution >= 0.6 is 31.9 Å². The predicted molar refractivity (Wildman–Crippen MR) is 108 cm³/mol. The van der Waals surface area contributed by atoms with Gasteiger partial charge in [0.1, 0.15) is 5.75 Å². The highest BCUT2D eigenvalue weighted by molar-refractivity contribution is 9.10. The molecule has 0 aliphatic heterocycles. The number of carbonyl (C=O) groups excluding carboxylic acids is 1. The molecule has 0 saturated carbocycles. The molecule has 2 rings (SSSR count). The maximum absolute atomic E-state index is 11.8. The van der Waals surface area contributed by atoms with E-state index in [4.69, 9.17) is 4.74 Å². The van der Waals surface area contributed by atoms with Crippen molar-refractivity contribution < 1.29 is 9.53 Å². The lowest BCUT2D eigenvalue weighted by molar-refractivity contribution is -0.123. The molecule has 0 fully saturated rings. The summed E-state index contributed by atoms with van der Waals surface area (Å²) in [5.74, 6) is 0.306. The number of rotatable bonds is 5. The fraction of sp³-hybridized carbons (Fsp3) is 0.263. The molecule has 0 spiro atoms. The van der Waals surface area contributed by atoms with Crippen LogP contribution in [0, 0.1) is 0 Å². The van der Waals surface area contributed by atoms with Crippen LogP contribution in [-0.2, 0) is 10.2 Å². The van der Waals surface area contributed by atoms with Gasteiger partial charge < -0.3 is 4.74 Å². The Morgan fingerprint density at radius 3 is 2.44 bits per heavy atom. The Balaban J connectivity index is 1.86. The van der Waals surface area contributed by atoms with Crippen molar-refractivity contribution >= 4 is 44.0 Å². The van der Waals surface area contributed by atoms with Crippen LogP contribution in [0.3, 0.4) is 0 Å². The first-order valence-corrected chi connectivity index (χ1v) is 9.34. The van der Waals surface area contributed by atoms with Gasteiger partial charge in [0.05, 0.1) is 10.7 Å². The highest BCUT2D eigenvalue weighted by Crippen LogP contribution is 2.31. The van der Waals surface area contributed by atoms with Crippen LogP contribution in [0.15, 0.2) is 56.5 Å².